The number of aromatic carboxylic acids is 1. The molecule has 0 fully saturated rings. The smallest absolute Gasteiger partial charge is 0.406 e. The van der Waals surface area contributed by atoms with Crippen LogP contribution in [-0.2, 0) is 0 Å². The molecule has 25 heavy (non-hydrogen) atoms. The predicted molar refractivity (Wildman–Crippen MR) is 80.7 cm³/mol. The summed E-state index contributed by atoms with van der Waals surface area (Å²) in [6, 6.07) is 11.4. The average Bonchev–Trinajstić information content (AvgIpc) is 2.56. The third kappa shape index (κ3) is 3.42. The molecule has 0 saturated heterocycles. The molecule has 0 unspecified atom stereocenters. The molecule has 1 amide bonds. The van der Waals surface area contributed by atoms with Gasteiger partial charge in [-0.2, -0.15) is 13.2 Å². The number of carbonyl (C=O) groups is 2. The second kappa shape index (κ2) is 6.12. The first-order chi connectivity index (χ1) is 11.8. The standard InChI is InChI=1S/C17H13F3N2O3/c18-17(19,20)9-22-14(10-5-7-11(8-6-10)16(24)25)21-13-4-2-1-3-12(13)15(22)23/h1-8,14,21H,9H2,(H,24,25)/p-1/t14-/m0/s1. The zero-order valence-electron chi connectivity index (χ0n) is 12.7. The van der Waals surface area contributed by atoms with Gasteiger partial charge in [0.2, 0.25) is 0 Å². The average molecular weight is 349 g/mol. The van der Waals surface area contributed by atoms with Gasteiger partial charge < -0.3 is 20.1 Å². The summed E-state index contributed by atoms with van der Waals surface area (Å²) in [5.41, 5.74) is 0.792. The number of hydrogen-bond donors (Lipinski definition) is 1. The Morgan fingerprint density at radius 2 is 1.76 bits per heavy atom. The number of rotatable bonds is 3. The van der Waals surface area contributed by atoms with Gasteiger partial charge in [0.25, 0.3) is 5.91 Å². The number of carboxylic acid groups (broad SMARTS) is 1. The first kappa shape index (κ1) is 16.8. The van der Waals surface area contributed by atoms with E-state index >= 15 is 0 Å². The molecule has 0 spiro atoms. The number of nitrogens with one attached hydrogen (secondary N) is 1. The normalized spacial score (nSPS) is 17.0. The van der Waals surface area contributed by atoms with Crippen molar-refractivity contribution in [3.63, 3.8) is 0 Å². The lowest BCUT2D eigenvalue weighted by molar-refractivity contribution is -0.255. The number of para-hydroxylation sites is 1. The zero-order chi connectivity index (χ0) is 18.2. The van der Waals surface area contributed by atoms with Crippen molar-refractivity contribution in [3.05, 3.63) is 65.2 Å². The number of amides is 1. The highest BCUT2D eigenvalue weighted by molar-refractivity contribution is 6.01. The molecule has 0 saturated carbocycles. The molecule has 8 heteroatoms. The molecular weight excluding hydrogens is 337 g/mol. The van der Waals surface area contributed by atoms with Gasteiger partial charge in [0.05, 0.1) is 11.5 Å². The number of hydrogen-bond acceptors (Lipinski definition) is 4. The van der Waals surface area contributed by atoms with E-state index in [0.29, 0.717) is 16.2 Å². The van der Waals surface area contributed by atoms with Gasteiger partial charge in [-0.1, -0.05) is 36.4 Å². The van der Waals surface area contributed by atoms with E-state index in [1.54, 1.807) is 18.2 Å². The Bertz CT molecular complexity index is 819. The van der Waals surface area contributed by atoms with Crippen LogP contribution in [-0.4, -0.2) is 29.5 Å². The van der Waals surface area contributed by atoms with Gasteiger partial charge in [0, 0.05) is 5.69 Å². The number of carbonyl (C=O) groups excluding carboxylic acids is 2. The van der Waals surface area contributed by atoms with E-state index in [0.717, 1.165) is 0 Å². The van der Waals surface area contributed by atoms with Crippen LogP contribution in [0.5, 0.6) is 0 Å². The fraction of sp³-hybridized carbons (Fsp3) is 0.176. The summed E-state index contributed by atoms with van der Waals surface area (Å²) >= 11 is 0. The molecule has 1 aliphatic heterocycles. The van der Waals surface area contributed by atoms with Crippen LogP contribution in [0.3, 0.4) is 0 Å². The van der Waals surface area contributed by atoms with Crippen LogP contribution in [0, 0.1) is 0 Å². The summed E-state index contributed by atoms with van der Waals surface area (Å²) < 4.78 is 38.8. The molecule has 0 aromatic heterocycles. The quantitative estimate of drug-likeness (QED) is 0.922. The minimum atomic E-state index is -4.58. The maximum Gasteiger partial charge on any atom is 0.406 e. The number of anilines is 1. The molecule has 130 valence electrons. The number of fused-ring (bicyclic) bond motifs is 1. The summed E-state index contributed by atoms with van der Waals surface area (Å²) in [7, 11) is 0. The van der Waals surface area contributed by atoms with Gasteiger partial charge in [-0.15, -0.1) is 0 Å². The van der Waals surface area contributed by atoms with Gasteiger partial charge in [0.1, 0.15) is 12.7 Å². The second-order valence-corrected chi connectivity index (χ2v) is 5.55. The Hall–Kier alpha value is -3.03. The number of carboxylic acids is 1. The van der Waals surface area contributed by atoms with Crippen molar-refractivity contribution in [1.82, 2.24) is 4.90 Å². The summed E-state index contributed by atoms with van der Waals surface area (Å²) in [5, 5.41) is 13.7. The Kier molecular flexibility index (Phi) is 4.12. The van der Waals surface area contributed by atoms with Gasteiger partial charge in [-0.05, 0) is 23.3 Å². The van der Waals surface area contributed by atoms with Crippen LogP contribution in [0.25, 0.3) is 0 Å². The molecule has 0 radical (unpaired) electrons. The summed E-state index contributed by atoms with van der Waals surface area (Å²) in [4.78, 5) is 24.0. The van der Waals surface area contributed by atoms with Crippen LogP contribution in [0.2, 0.25) is 0 Å². The van der Waals surface area contributed by atoms with Gasteiger partial charge in [-0.25, -0.2) is 0 Å². The van der Waals surface area contributed by atoms with Gasteiger partial charge in [-0.3, -0.25) is 4.79 Å². The number of halogens is 3. The van der Waals surface area contributed by atoms with E-state index in [-0.39, 0.29) is 11.1 Å². The van der Waals surface area contributed by atoms with E-state index in [4.69, 9.17) is 0 Å². The molecule has 2 aromatic carbocycles. The van der Waals surface area contributed by atoms with Crippen LogP contribution in [0.15, 0.2) is 48.5 Å². The van der Waals surface area contributed by atoms with Crippen molar-refractivity contribution in [2.75, 3.05) is 11.9 Å². The van der Waals surface area contributed by atoms with Gasteiger partial charge in [0.15, 0.2) is 0 Å². The SMILES string of the molecule is O=C([O-])c1ccc([C@H]2Nc3ccccc3C(=O)N2CC(F)(F)F)cc1. The predicted octanol–water partition coefficient (Wildman–Crippen LogP) is 2.18. The van der Waals surface area contributed by atoms with Crippen LogP contribution in [0.1, 0.15) is 32.4 Å². The van der Waals surface area contributed by atoms with E-state index < -0.39 is 30.8 Å². The molecular formula is C17H12F3N2O3-. The Balaban J connectivity index is 2.02. The zero-order valence-corrected chi connectivity index (χ0v) is 12.7. The second-order valence-electron chi connectivity index (χ2n) is 5.55. The lowest BCUT2D eigenvalue weighted by atomic mass is 10.0. The fourth-order valence-corrected chi connectivity index (χ4v) is 2.71. The van der Waals surface area contributed by atoms with Crippen molar-refractivity contribution < 1.29 is 27.9 Å². The lowest BCUT2D eigenvalue weighted by Crippen LogP contribution is -2.47. The highest BCUT2D eigenvalue weighted by Crippen LogP contribution is 2.35. The molecule has 0 bridgehead atoms. The first-order valence-corrected chi connectivity index (χ1v) is 7.31. The molecule has 0 aliphatic carbocycles. The van der Waals surface area contributed by atoms with Crippen molar-refractivity contribution in [1.29, 1.82) is 0 Å². The monoisotopic (exact) mass is 349 g/mol. The number of benzene rings is 2. The number of nitrogens with zero attached hydrogens (tertiary/aromatic N) is 1. The Labute approximate surface area is 140 Å². The van der Waals surface area contributed by atoms with E-state index in [2.05, 4.69) is 5.32 Å². The largest absolute Gasteiger partial charge is 0.545 e. The third-order valence-corrected chi connectivity index (χ3v) is 3.83. The van der Waals surface area contributed by atoms with Crippen molar-refractivity contribution in [3.8, 4) is 0 Å². The molecule has 1 atom stereocenters. The van der Waals surface area contributed by atoms with Crippen LogP contribution < -0.4 is 10.4 Å². The Morgan fingerprint density at radius 1 is 1.12 bits per heavy atom. The van der Waals surface area contributed by atoms with E-state index in [1.807, 2.05) is 0 Å². The summed E-state index contributed by atoms with van der Waals surface area (Å²) in [5.74, 6) is -2.14. The molecule has 1 aliphatic rings. The lowest BCUT2D eigenvalue weighted by Gasteiger charge is -2.38. The molecule has 2 aromatic rings. The highest BCUT2D eigenvalue weighted by atomic mass is 19.4. The molecule has 1 heterocycles. The maximum absolute atomic E-state index is 12.9. The van der Waals surface area contributed by atoms with Crippen LogP contribution in [0.4, 0.5) is 18.9 Å². The van der Waals surface area contributed by atoms with E-state index in [9.17, 15) is 27.9 Å². The maximum atomic E-state index is 12.9. The Morgan fingerprint density at radius 3 is 2.36 bits per heavy atom. The molecule has 1 N–H and O–H groups in total. The van der Waals surface area contributed by atoms with Crippen molar-refractivity contribution >= 4 is 17.6 Å². The van der Waals surface area contributed by atoms with E-state index in [1.165, 1.54) is 30.3 Å². The first-order valence-electron chi connectivity index (χ1n) is 7.31. The molecule has 5 nitrogen and oxygen atoms in total. The summed E-state index contributed by atoms with van der Waals surface area (Å²) in [6.07, 6.45) is -5.65. The van der Waals surface area contributed by atoms with Crippen LogP contribution >= 0.6 is 0 Å². The van der Waals surface area contributed by atoms with Gasteiger partial charge >= 0.3 is 6.18 Å². The topological polar surface area (TPSA) is 72.5 Å². The number of alkyl halides is 3. The minimum Gasteiger partial charge on any atom is -0.545 e. The molecule has 3 rings (SSSR count). The highest BCUT2D eigenvalue weighted by Gasteiger charge is 2.40. The van der Waals surface area contributed by atoms with Crippen molar-refractivity contribution in [2.45, 2.75) is 12.3 Å². The van der Waals surface area contributed by atoms with Crippen molar-refractivity contribution in [2.24, 2.45) is 0 Å². The summed E-state index contributed by atoms with van der Waals surface area (Å²) in [6.45, 7) is -1.43. The fourth-order valence-electron chi connectivity index (χ4n) is 2.71. The third-order valence-electron chi connectivity index (χ3n) is 3.83. The minimum absolute atomic E-state index is 0.103.